The molecule has 94 valence electrons. The molecule has 0 atom stereocenters. The number of Topliss-reactive ketones (excluding diaryl/α,β-unsaturated/α-hetero) is 1. The van der Waals surface area contributed by atoms with Crippen LogP contribution >= 0.6 is 31.9 Å². The van der Waals surface area contributed by atoms with Gasteiger partial charge in [0.15, 0.2) is 0 Å². The number of ketones is 1. The van der Waals surface area contributed by atoms with Gasteiger partial charge in [-0.2, -0.15) is 13.2 Å². The summed E-state index contributed by atoms with van der Waals surface area (Å²) in [5, 5.41) is 0. The summed E-state index contributed by atoms with van der Waals surface area (Å²) < 4.78 is 54.6. The van der Waals surface area contributed by atoms with Crippen LogP contribution in [0.15, 0.2) is 15.0 Å². The van der Waals surface area contributed by atoms with Gasteiger partial charge in [0.1, 0.15) is 11.6 Å². The van der Waals surface area contributed by atoms with Crippen LogP contribution in [0.5, 0.6) is 5.75 Å². The van der Waals surface area contributed by atoms with Crippen LogP contribution in [0.2, 0.25) is 0 Å². The normalized spacial score (nSPS) is 11.5. The molecule has 0 bridgehead atoms. The molecule has 0 unspecified atom stereocenters. The van der Waals surface area contributed by atoms with E-state index in [0.29, 0.717) is 0 Å². The number of methoxy groups -OCH3 is 1. The van der Waals surface area contributed by atoms with Gasteiger partial charge in [-0.3, -0.25) is 4.79 Å². The van der Waals surface area contributed by atoms with Gasteiger partial charge in [-0.05, 0) is 37.9 Å². The average Bonchev–Trinajstić information content (AvgIpc) is 2.15. The van der Waals surface area contributed by atoms with E-state index in [9.17, 15) is 22.4 Å². The minimum Gasteiger partial charge on any atom is -0.494 e. The van der Waals surface area contributed by atoms with Crippen molar-refractivity contribution >= 4 is 37.6 Å². The third-order valence-electron chi connectivity index (χ3n) is 1.82. The standard InChI is InChI=1S/C9H4Br2F4O2/c1-17-7-3(10)2-4(12)5(6(7)11)8(16)9(13,14)15/h2H,1H3. The van der Waals surface area contributed by atoms with E-state index in [2.05, 4.69) is 31.9 Å². The molecule has 0 saturated carbocycles. The molecule has 2 nitrogen and oxygen atoms in total. The molecule has 0 heterocycles. The zero-order valence-electron chi connectivity index (χ0n) is 8.16. The van der Waals surface area contributed by atoms with Crippen molar-refractivity contribution in [3.05, 3.63) is 26.4 Å². The molecule has 0 aromatic heterocycles. The van der Waals surface area contributed by atoms with Crippen molar-refractivity contribution in [2.24, 2.45) is 0 Å². The van der Waals surface area contributed by atoms with Crippen LogP contribution in [0.25, 0.3) is 0 Å². The Morgan fingerprint density at radius 2 is 1.88 bits per heavy atom. The third-order valence-corrected chi connectivity index (χ3v) is 3.16. The third kappa shape index (κ3) is 2.79. The summed E-state index contributed by atoms with van der Waals surface area (Å²) in [6.45, 7) is 0. The minimum absolute atomic E-state index is 0.0843. The first kappa shape index (κ1) is 14.4. The molecular formula is C9H4Br2F4O2. The summed E-state index contributed by atoms with van der Waals surface area (Å²) in [5.74, 6) is -3.64. The molecule has 0 N–H and O–H groups in total. The van der Waals surface area contributed by atoms with Gasteiger partial charge in [-0.1, -0.05) is 0 Å². The fourth-order valence-electron chi connectivity index (χ4n) is 1.11. The van der Waals surface area contributed by atoms with E-state index in [1.54, 1.807) is 0 Å². The molecule has 0 saturated heterocycles. The number of carbonyl (C=O) groups excluding carboxylic acids is 1. The Morgan fingerprint density at radius 1 is 1.35 bits per heavy atom. The van der Waals surface area contributed by atoms with E-state index < -0.39 is 23.3 Å². The molecule has 8 heteroatoms. The average molecular weight is 380 g/mol. The van der Waals surface area contributed by atoms with Gasteiger partial charge in [0, 0.05) is 0 Å². The van der Waals surface area contributed by atoms with Crippen molar-refractivity contribution in [3.8, 4) is 5.75 Å². The van der Waals surface area contributed by atoms with Gasteiger partial charge >= 0.3 is 6.18 Å². The van der Waals surface area contributed by atoms with E-state index in [1.165, 1.54) is 7.11 Å². The van der Waals surface area contributed by atoms with Crippen molar-refractivity contribution < 1.29 is 27.1 Å². The van der Waals surface area contributed by atoms with Crippen LogP contribution in [0.3, 0.4) is 0 Å². The lowest BCUT2D eigenvalue weighted by Crippen LogP contribution is -2.24. The van der Waals surface area contributed by atoms with Gasteiger partial charge < -0.3 is 4.74 Å². The van der Waals surface area contributed by atoms with E-state index >= 15 is 0 Å². The second-order valence-electron chi connectivity index (χ2n) is 2.89. The Balaban J connectivity index is 3.50. The monoisotopic (exact) mass is 378 g/mol. The van der Waals surface area contributed by atoms with Gasteiger partial charge in [-0.15, -0.1) is 0 Å². The summed E-state index contributed by atoms with van der Waals surface area (Å²) in [6, 6.07) is 0.739. The molecular weight excluding hydrogens is 376 g/mol. The Bertz CT molecular complexity index is 471. The molecule has 1 rings (SSSR count). The van der Waals surface area contributed by atoms with Gasteiger partial charge in [0.2, 0.25) is 0 Å². The summed E-state index contributed by atoms with van der Waals surface area (Å²) in [7, 11) is 1.19. The molecule has 0 aliphatic carbocycles. The van der Waals surface area contributed by atoms with Crippen LogP contribution in [-0.4, -0.2) is 19.1 Å². The first-order valence-corrected chi connectivity index (χ1v) is 5.61. The fourth-order valence-corrected chi connectivity index (χ4v) is 2.68. The van der Waals surface area contributed by atoms with Crippen LogP contribution in [0.1, 0.15) is 10.4 Å². The Labute approximate surface area is 110 Å². The first-order valence-electron chi connectivity index (χ1n) is 4.03. The predicted molar refractivity (Wildman–Crippen MR) is 58.7 cm³/mol. The predicted octanol–water partition coefficient (Wildman–Crippen LogP) is 4.10. The summed E-state index contributed by atoms with van der Waals surface area (Å²) in [4.78, 5) is 11.0. The van der Waals surface area contributed by atoms with E-state index in [0.717, 1.165) is 6.07 Å². The zero-order chi connectivity index (χ0) is 13.4. The number of hydrogen-bond acceptors (Lipinski definition) is 2. The van der Waals surface area contributed by atoms with E-state index in [1.807, 2.05) is 0 Å². The highest BCUT2D eigenvalue weighted by Gasteiger charge is 2.42. The molecule has 0 fully saturated rings. The number of alkyl halides is 3. The quantitative estimate of drug-likeness (QED) is 0.571. The molecule has 0 radical (unpaired) electrons. The smallest absolute Gasteiger partial charge is 0.455 e. The largest absolute Gasteiger partial charge is 0.494 e. The van der Waals surface area contributed by atoms with Gasteiger partial charge in [0.05, 0.1) is 21.6 Å². The topological polar surface area (TPSA) is 26.3 Å². The molecule has 0 aliphatic heterocycles. The summed E-state index contributed by atoms with van der Waals surface area (Å²) >= 11 is 5.62. The number of halogens is 6. The molecule has 0 aliphatic rings. The molecule has 1 aromatic carbocycles. The Kier molecular flexibility index (Phi) is 4.19. The molecule has 0 amide bonds. The molecule has 17 heavy (non-hydrogen) atoms. The van der Waals surface area contributed by atoms with Crippen molar-refractivity contribution in [1.29, 1.82) is 0 Å². The first-order chi connectivity index (χ1) is 7.70. The van der Waals surface area contributed by atoms with Crippen LogP contribution < -0.4 is 4.74 Å². The SMILES string of the molecule is COc1c(Br)cc(F)c(C(=O)C(F)(F)F)c1Br. The number of rotatable bonds is 2. The van der Waals surface area contributed by atoms with Crippen LogP contribution in [-0.2, 0) is 0 Å². The lowest BCUT2D eigenvalue weighted by molar-refractivity contribution is -0.0888. The van der Waals surface area contributed by atoms with Crippen molar-refractivity contribution in [2.45, 2.75) is 6.18 Å². The highest BCUT2D eigenvalue weighted by Crippen LogP contribution is 2.39. The Hall–Kier alpha value is -0.630. The maximum absolute atomic E-state index is 13.4. The second-order valence-corrected chi connectivity index (χ2v) is 4.54. The van der Waals surface area contributed by atoms with Crippen molar-refractivity contribution in [3.63, 3.8) is 0 Å². The number of hydrogen-bond donors (Lipinski definition) is 0. The highest BCUT2D eigenvalue weighted by molar-refractivity contribution is 9.11. The van der Waals surface area contributed by atoms with Crippen LogP contribution in [0.4, 0.5) is 17.6 Å². The maximum Gasteiger partial charge on any atom is 0.455 e. The van der Waals surface area contributed by atoms with E-state index in [4.69, 9.17) is 4.74 Å². The number of carbonyl (C=O) groups is 1. The lowest BCUT2D eigenvalue weighted by atomic mass is 10.1. The number of ether oxygens (including phenoxy) is 1. The molecule has 1 aromatic rings. The van der Waals surface area contributed by atoms with Crippen molar-refractivity contribution in [1.82, 2.24) is 0 Å². The summed E-state index contributed by atoms with van der Waals surface area (Å²) in [5.41, 5.74) is -1.10. The van der Waals surface area contributed by atoms with Crippen LogP contribution in [0, 0.1) is 5.82 Å². The van der Waals surface area contributed by atoms with Gasteiger partial charge in [-0.25, -0.2) is 4.39 Å². The Morgan fingerprint density at radius 3 is 2.29 bits per heavy atom. The summed E-state index contributed by atoms with van der Waals surface area (Å²) in [6.07, 6.45) is -5.15. The van der Waals surface area contributed by atoms with Gasteiger partial charge in [0.25, 0.3) is 5.78 Å². The minimum atomic E-state index is -5.15. The maximum atomic E-state index is 13.4. The zero-order valence-corrected chi connectivity index (χ0v) is 11.3. The lowest BCUT2D eigenvalue weighted by Gasteiger charge is -2.12. The van der Waals surface area contributed by atoms with E-state index in [-0.39, 0.29) is 14.7 Å². The second kappa shape index (κ2) is 4.93. The molecule has 0 spiro atoms. The number of benzene rings is 1. The highest BCUT2D eigenvalue weighted by atomic mass is 79.9. The fraction of sp³-hybridized carbons (Fsp3) is 0.222. The van der Waals surface area contributed by atoms with Crippen molar-refractivity contribution in [2.75, 3.05) is 7.11 Å².